The number of aromatic carboxylic acids is 1. The maximum Gasteiger partial charge on any atom is 0.337 e. The van der Waals surface area contributed by atoms with Gasteiger partial charge in [-0.25, -0.2) is 4.79 Å². The van der Waals surface area contributed by atoms with Gasteiger partial charge in [0.15, 0.2) is 5.03 Å². The molecule has 10 heteroatoms. The minimum absolute atomic E-state index is 0.0805. The zero-order chi connectivity index (χ0) is 14.9. The van der Waals surface area contributed by atoms with Crippen LogP contribution < -0.4 is 4.72 Å². The van der Waals surface area contributed by atoms with Crippen molar-refractivity contribution in [1.29, 1.82) is 0 Å². The van der Waals surface area contributed by atoms with E-state index in [1.165, 1.54) is 18.3 Å². The van der Waals surface area contributed by atoms with Crippen LogP contribution in [-0.4, -0.2) is 29.7 Å². The van der Waals surface area contributed by atoms with Gasteiger partial charge in [-0.1, -0.05) is 23.2 Å². The highest BCUT2D eigenvalue weighted by Crippen LogP contribution is 2.31. The molecule has 1 aromatic heterocycles. The average Bonchev–Trinajstić information content (AvgIpc) is 2.86. The first-order chi connectivity index (χ1) is 9.31. The van der Waals surface area contributed by atoms with E-state index in [4.69, 9.17) is 28.3 Å². The van der Waals surface area contributed by atoms with Gasteiger partial charge in [0, 0.05) is 5.02 Å². The summed E-state index contributed by atoms with van der Waals surface area (Å²) < 4.78 is 26.1. The van der Waals surface area contributed by atoms with Gasteiger partial charge in [0.2, 0.25) is 0 Å². The van der Waals surface area contributed by atoms with E-state index in [9.17, 15) is 13.2 Å². The van der Waals surface area contributed by atoms with E-state index < -0.39 is 16.0 Å². The number of nitrogens with one attached hydrogen (secondary N) is 2. The number of aromatic nitrogens is 2. The zero-order valence-corrected chi connectivity index (χ0v) is 11.9. The number of hydrogen-bond acceptors (Lipinski definition) is 4. The molecule has 0 atom stereocenters. The van der Waals surface area contributed by atoms with E-state index in [0.29, 0.717) is 0 Å². The molecular weight excluding hydrogens is 329 g/mol. The third kappa shape index (κ3) is 2.87. The van der Waals surface area contributed by atoms with Gasteiger partial charge in [-0.3, -0.25) is 9.82 Å². The van der Waals surface area contributed by atoms with E-state index in [1.807, 2.05) is 0 Å². The van der Waals surface area contributed by atoms with E-state index in [2.05, 4.69) is 14.9 Å². The Morgan fingerprint density at radius 2 is 2.05 bits per heavy atom. The largest absolute Gasteiger partial charge is 0.478 e. The van der Waals surface area contributed by atoms with Crippen LogP contribution in [0.5, 0.6) is 0 Å². The number of carboxylic acids is 1. The number of carbonyl (C=O) groups is 1. The first kappa shape index (κ1) is 14.6. The number of H-pyrrole nitrogens is 1. The molecule has 1 aromatic carbocycles. The SMILES string of the molecule is O=C(O)c1cc(Cl)cc(Cl)c1NS(=O)(=O)c1ccn[nH]1. The van der Waals surface area contributed by atoms with Crippen LogP contribution in [0.1, 0.15) is 10.4 Å². The highest BCUT2D eigenvalue weighted by Gasteiger charge is 2.22. The van der Waals surface area contributed by atoms with Crippen molar-refractivity contribution in [2.24, 2.45) is 0 Å². The standard InChI is InChI=1S/C10H7Cl2N3O4S/c11-5-3-6(10(16)17)9(7(12)4-5)15-20(18,19)8-1-2-13-14-8/h1-4,15H,(H,13,14)(H,16,17). The van der Waals surface area contributed by atoms with Crippen molar-refractivity contribution >= 4 is 44.9 Å². The summed E-state index contributed by atoms with van der Waals surface area (Å²) in [6.45, 7) is 0. The zero-order valence-electron chi connectivity index (χ0n) is 9.59. The Balaban J connectivity index is 2.52. The number of carboxylic acid groups (broad SMARTS) is 1. The van der Waals surface area contributed by atoms with Crippen LogP contribution in [-0.2, 0) is 10.0 Å². The van der Waals surface area contributed by atoms with E-state index >= 15 is 0 Å². The molecule has 7 nitrogen and oxygen atoms in total. The average molecular weight is 336 g/mol. The number of nitrogens with zero attached hydrogens (tertiary/aromatic N) is 1. The Morgan fingerprint density at radius 1 is 1.35 bits per heavy atom. The maximum absolute atomic E-state index is 12.0. The van der Waals surface area contributed by atoms with Gasteiger partial charge < -0.3 is 5.11 Å². The minimum atomic E-state index is -4.02. The third-order valence-corrected chi connectivity index (χ3v) is 4.08. The van der Waals surface area contributed by atoms with Gasteiger partial charge >= 0.3 is 5.97 Å². The van der Waals surface area contributed by atoms with Gasteiger partial charge in [0.05, 0.1) is 22.5 Å². The molecule has 0 unspecified atom stereocenters. The van der Waals surface area contributed by atoms with Crippen LogP contribution in [0.15, 0.2) is 29.4 Å². The van der Waals surface area contributed by atoms with Gasteiger partial charge in [-0.2, -0.15) is 13.5 Å². The van der Waals surface area contributed by atoms with Gasteiger partial charge in [0.25, 0.3) is 10.0 Å². The predicted octanol–water partition coefficient (Wildman–Crippen LogP) is 2.22. The molecule has 1 heterocycles. The fourth-order valence-electron chi connectivity index (χ4n) is 1.43. The molecule has 0 saturated heterocycles. The molecule has 0 saturated carbocycles. The Labute approximate surface area is 123 Å². The summed E-state index contributed by atoms with van der Waals surface area (Å²) >= 11 is 11.5. The summed E-state index contributed by atoms with van der Waals surface area (Å²) in [4.78, 5) is 11.1. The molecular formula is C10H7Cl2N3O4S. The highest BCUT2D eigenvalue weighted by atomic mass is 35.5. The first-order valence-corrected chi connectivity index (χ1v) is 7.29. The lowest BCUT2D eigenvalue weighted by atomic mass is 10.2. The summed E-state index contributed by atoms with van der Waals surface area (Å²) in [6.07, 6.45) is 1.25. The molecule has 0 bridgehead atoms. The smallest absolute Gasteiger partial charge is 0.337 e. The summed E-state index contributed by atoms with van der Waals surface area (Å²) in [6, 6.07) is 3.55. The van der Waals surface area contributed by atoms with E-state index in [0.717, 1.165) is 6.07 Å². The summed E-state index contributed by atoms with van der Waals surface area (Å²) in [7, 11) is -4.02. The molecule has 0 fully saturated rings. The molecule has 0 aliphatic carbocycles. The highest BCUT2D eigenvalue weighted by molar-refractivity contribution is 7.92. The lowest BCUT2D eigenvalue weighted by molar-refractivity contribution is 0.0698. The summed E-state index contributed by atoms with van der Waals surface area (Å²) in [5, 5.41) is 14.6. The maximum atomic E-state index is 12.0. The molecule has 0 amide bonds. The summed E-state index contributed by atoms with van der Waals surface area (Å²) in [5.74, 6) is -1.36. The first-order valence-electron chi connectivity index (χ1n) is 5.06. The van der Waals surface area contributed by atoms with E-state index in [1.54, 1.807) is 0 Å². The van der Waals surface area contributed by atoms with Crippen molar-refractivity contribution in [2.45, 2.75) is 5.03 Å². The van der Waals surface area contributed by atoms with Crippen LogP contribution in [0.4, 0.5) is 5.69 Å². The normalized spacial score (nSPS) is 11.3. The molecule has 0 radical (unpaired) electrons. The van der Waals surface area contributed by atoms with Crippen molar-refractivity contribution in [2.75, 3.05) is 4.72 Å². The Kier molecular flexibility index (Phi) is 3.89. The Bertz CT molecular complexity index is 759. The summed E-state index contributed by atoms with van der Waals surface area (Å²) in [5.41, 5.74) is -0.622. The molecule has 0 aliphatic heterocycles. The monoisotopic (exact) mass is 335 g/mol. The quantitative estimate of drug-likeness (QED) is 0.792. The van der Waals surface area contributed by atoms with Crippen LogP contribution in [0, 0.1) is 0 Å². The second-order valence-corrected chi connectivity index (χ2v) is 6.14. The lowest BCUT2D eigenvalue weighted by Gasteiger charge is -2.11. The Morgan fingerprint density at radius 3 is 2.60 bits per heavy atom. The number of aromatic amines is 1. The van der Waals surface area contributed by atoms with Crippen molar-refractivity contribution in [3.8, 4) is 0 Å². The fourth-order valence-corrected chi connectivity index (χ4v) is 3.04. The van der Waals surface area contributed by atoms with Gasteiger partial charge in [-0.15, -0.1) is 0 Å². The molecule has 0 aliphatic rings. The fraction of sp³-hybridized carbons (Fsp3) is 0. The van der Waals surface area contributed by atoms with Crippen LogP contribution >= 0.6 is 23.2 Å². The second kappa shape index (κ2) is 5.31. The number of rotatable bonds is 4. The third-order valence-electron chi connectivity index (χ3n) is 2.29. The number of halogens is 2. The van der Waals surface area contributed by atoms with Crippen molar-refractivity contribution < 1.29 is 18.3 Å². The molecule has 106 valence electrons. The lowest BCUT2D eigenvalue weighted by Crippen LogP contribution is -2.16. The number of sulfonamides is 1. The second-order valence-electron chi connectivity index (χ2n) is 3.64. The predicted molar refractivity (Wildman–Crippen MR) is 72.8 cm³/mol. The molecule has 20 heavy (non-hydrogen) atoms. The number of hydrogen-bond donors (Lipinski definition) is 3. The number of anilines is 1. The molecule has 2 aromatic rings. The van der Waals surface area contributed by atoms with Gasteiger partial charge in [-0.05, 0) is 18.2 Å². The van der Waals surface area contributed by atoms with Crippen LogP contribution in [0.2, 0.25) is 10.0 Å². The van der Waals surface area contributed by atoms with Crippen molar-refractivity contribution in [1.82, 2.24) is 10.2 Å². The van der Waals surface area contributed by atoms with Crippen LogP contribution in [0.3, 0.4) is 0 Å². The van der Waals surface area contributed by atoms with Crippen LogP contribution in [0.25, 0.3) is 0 Å². The number of benzene rings is 1. The van der Waals surface area contributed by atoms with Gasteiger partial charge in [0.1, 0.15) is 0 Å². The minimum Gasteiger partial charge on any atom is -0.478 e. The topological polar surface area (TPSA) is 112 Å². The Hall–Kier alpha value is -1.77. The van der Waals surface area contributed by atoms with Crippen molar-refractivity contribution in [3.05, 3.63) is 40.0 Å². The van der Waals surface area contributed by atoms with Crippen molar-refractivity contribution in [3.63, 3.8) is 0 Å². The molecule has 3 N–H and O–H groups in total. The molecule has 2 rings (SSSR count). The molecule has 0 spiro atoms. The van der Waals surface area contributed by atoms with E-state index in [-0.39, 0.29) is 26.3 Å².